The Morgan fingerprint density at radius 2 is 1.27 bits per heavy atom. The number of fused-ring (bicyclic) bond motifs is 10. The number of benzene rings is 7. The number of rotatable bonds is 11. The van der Waals surface area contributed by atoms with Crippen LogP contribution in [0.5, 0.6) is 0 Å². The van der Waals surface area contributed by atoms with Gasteiger partial charge in [-0.2, -0.15) is 0 Å². The lowest BCUT2D eigenvalue weighted by Crippen LogP contribution is -2.15. The zero-order valence-electron chi connectivity index (χ0n) is 38.3. The molecule has 0 bridgehead atoms. The average Bonchev–Trinajstić information content (AvgIpc) is 3.86. The molecule has 0 radical (unpaired) electrons. The number of aromatic nitrogens is 2. The van der Waals surface area contributed by atoms with Crippen molar-refractivity contribution in [3.63, 3.8) is 0 Å². The van der Waals surface area contributed by atoms with E-state index in [0.717, 1.165) is 40.0 Å². The molecule has 0 fully saturated rings. The molecule has 1 aliphatic carbocycles. The summed E-state index contributed by atoms with van der Waals surface area (Å²) in [7, 11) is 0. The lowest BCUT2D eigenvalue weighted by molar-refractivity contribution is 0.619. The smallest absolute Gasteiger partial charge is 0.0582 e. The number of hydrogen-bond acceptors (Lipinski definition) is 1. The van der Waals surface area contributed by atoms with Crippen LogP contribution >= 0.6 is 0 Å². The summed E-state index contributed by atoms with van der Waals surface area (Å²) in [4.78, 5) is 0. The SMILES string of the molecule is C=C/C(=C\C=C/C)C(=C)/C=C\Cc1ccc2c(c1)c1ccc3c(c1n2-c1ccccc1)C(C)C(C)c1cc2c4cc(/C(N)=C/C=C(\C)c5ccccc5)ccc4n(-c4ccccc4)c2cc1-3. The van der Waals surface area contributed by atoms with E-state index in [1.165, 1.54) is 82.7 Å². The third kappa shape index (κ3) is 7.37. The lowest BCUT2D eigenvalue weighted by Gasteiger charge is -2.33. The molecule has 2 aromatic heterocycles. The Morgan fingerprint density at radius 3 is 1.98 bits per heavy atom. The van der Waals surface area contributed by atoms with Crippen LogP contribution in [-0.2, 0) is 6.42 Å². The van der Waals surface area contributed by atoms with Crippen molar-refractivity contribution in [3.05, 3.63) is 252 Å². The third-order valence-electron chi connectivity index (χ3n) is 13.8. The predicted molar refractivity (Wildman–Crippen MR) is 285 cm³/mol. The summed E-state index contributed by atoms with van der Waals surface area (Å²) >= 11 is 0. The Balaban J connectivity index is 1.14. The number of nitrogens with zero attached hydrogens (tertiary/aromatic N) is 2. The van der Waals surface area contributed by atoms with E-state index in [1.807, 2.05) is 37.3 Å². The minimum atomic E-state index is 0.250. The first-order chi connectivity index (χ1) is 32.2. The van der Waals surface area contributed by atoms with Crippen LogP contribution in [0.4, 0.5) is 0 Å². The summed E-state index contributed by atoms with van der Waals surface area (Å²) in [6, 6.07) is 55.5. The van der Waals surface area contributed by atoms with E-state index in [9.17, 15) is 0 Å². The highest BCUT2D eigenvalue weighted by Gasteiger charge is 2.33. The molecule has 9 aromatic rings. The highest BCUT2D eigenvalue weighted by Crippen LogP contribution is 2.52. The molecular weight excluding hydrogens is 799 g/mol. The monoisotopic (exact) mass is 853 g/mol. The second-order valence-electron chi connectivity index (χ2n) is 17.7. The second kappa shape index (κ2) is 17.6. The first-order valence-electron chi connectivity index (χ1n) is 23.1. The van der Waals surface area contributed by atoms with Gasteiger partial charge in [0.15, 0.2) is 0 Å². The van der Waals surface area contributed by atoms with Crippen molar-refractivity contribution in [1.29, 1.82) is 0 Å². The summed E-state index contributed by atoms with van der Waals surface area (Å²) in [5, 5.41) is 4.97. The fourth-order valence-corrected chi connectivity index (χ4v) is 10.1. The van der Waals surface area contributed by atoms with E-state index in [0.29, 0.717) is 0 Å². The van der Waals surface area contributed by atoms with Gasteiger partial charge in [0.25, 0.3) is 0 Å². The molecule has 7 aromatic carbocycles. The van der Waals surface area contributed by atoms with Gasteiger partial charge in [0.05, 0.1) is 22.1 Å². The molecule has 0 aliphatic heterocycles. The molecule has 1 aliphatic rings. The zero-order chi connectivity index (χ0) is 45.5. The maximum Gasteiger partial charge on any atom is 0.0582 e. The highest BCUT2D eigenvalue weighted by atomic mass is 15.0. The van der Waals surface area contributed by atoms with Crippen molar-refractivity contribution in [3.8, 4) is 22.5 Å². The second-order valence-corrected chi connectivity index (χ2v) is 17.7. The van der Waals surface area contributed by atoms with Crippen LogP contribution in [0, 0.1) is 0 Å². The van der Waals surface area contributed by atoms with Crippen molar-refractivity contribution in [2.24, 2.45) is 5.73 Å². The van der Waals surface area contributed by atoms with Crippen LogP contribution in [0.1, 0.15) is 67.3 Å². The van der Waals surface area contributed by atoms with Gasteiger partial charge in [-0.3, -0.25) is 0 Å². The van der Waals surface area contributed by atoms with Gasteiger partial charge < -0.3 is 14.9 Å². The van der Waals surface area contributed by atoms with E-state index < -0.39 is 0 Å². The maximum absolute atomic E-state index is 6.87. The largest absolute Gasteiger partial charge is 0.398 e. The number of allylic oxidation sites excluding steroid dienone is 11. The quantitative estimate of drug-likeness (QED) is 0.129. The molecule has 66 heavy (non-hydrogen) atoms. The fraction of sp³-hybridized carbons (Fsp3) is 0.111. The Hall–Kier alpha value is -7.88. The van der Waals surface area contributed by atoms with Crippen molar-refractivity contribution < 1.29 is 0 Å². The topological polar surface area (TPSA) is 35.9 Å². The molecule has 2 heterocycles. The van der Waals surface area contributed by atoms with Gasteiger partial charge in [0.2, 0.25) is 0 Å². The first-order valence-corrected chi connectivity index (χ1v) is 23.1. The summed E-state index contributed by atoms with van der Waals surface area (Å²) in [6.07, 6.45) is 17.2. The minimum Gasteiger partial charge on any atom is -0.398 e. The summed E-state index contributed by atoms with van der Waals surface area (Å²) < 4.78 is 4.94. The molecule has 2 unspecified atom stereocenters. The number of para-hydroxylation sites is 2. The van der Waals surface area contributed by atoms with Crippen LogP contribution in [0.25, 0.3) is 77.4 Å². The van der Waals surface area contributed by atoms with Gasteiger partial charge in [-0.05, 0) is 155 Å². The van der Waals surface area contributed by atoms with Crippen molar-refractivity contribution in [1.82, 2.24) is 9.13 Å². The minimum absolute atomic E-state index is 0.250. The average molecular weight is 854 g/mol. The molecule has 0 spiro atoms. The Kier molecular flexibility index (Phi) is 11.2. The summed E-state index contributed by atoms with van der Waals surface area (Å²) in [5.74, 6) is 0.509. The molecule has 0 saturated heterocycles. The molecule has 322 valence electrons. The molecule has 0 saturated carbocycles. The predicted octanol–water partition coefficient (Wildman–Crippen LogP) is 16.5. The van der Waals surface area contributed by atoms with Crippen LogP contribution in [-0.4, -0.2) is 9.13 Å². The molecule has 0 amide bonds. The van der Waals surface area contributed by atoms with Crippen molar-refractivity contribution >= 4 is 54.9 Å². The molecule has 10 rings (SSSR count). The van der Waals surface area contributed by atoms with E-state index in [4.69, 9.17) is 5.73 Å². The maximum atomic E-state index is 6.87. The van der Waals surface area contributed by atoms with Crippen molar-refractivity contribution in [2.45, 2.75) is 46.0 Å². The molecule has 2 atom stereocenters. The van der Waals surface area contributed by atoms with Crippen LogP contribution in [0.2, 0.25) is 0 Å². The fourth-order valence-electron chi connectivity index (χ4n) is 10.1. The summed E-state index contributed by atoms with van der Waals surface area (Å²) in [5.41, 5.74) is 26.7. The van der Waals surface area contributed by atoms with Gasteiger partial charge in [-0.1, -0.05) is 161 Å². The Labute approximate surface area is 388 Å². The van der Waals surface area contributed by atoms with Gasteiger partial charge in [-0.15, -0.1) is 0 Å². The lowest BCUT2D eigenvalue weighted by atomic mass is 9.72. The normalized spacial score (nSPS) is 15.7. The van der Waals surface area contributed by atoms with E-state index >= 15 is 0 Å². The Morgan fingerprint density at radius 1 is 0.621 bits per heavy atom. The first kappa shape index (κ1) is 42.1. The highest BCUT2D eigenvalue weighted by molar-refractivity contribution is 6.15. The van der Waals surface area contributed by atoms with Crippen LogP contribution in [0.15, 0.2) is 225 Å². The third-order valence-corrected chi connectivity index (χ3v) is 13.8. The molecule has 3 nitrogen and oxygen atoms in total. The van der Waals surface area contributed by atoms with E-state index in [2.05, 4.69) is 213 Å². The zero-order valence-corrected chi connectivity index (χ0v) is 38.3. The van der Waals surface area contributed by atoms with Crippen molar-refractivity contribution in [2.75, 3.05) is 0 Å². The Bertz CT molecular complexity index is 3510. The standard InChI is InChI=1S/C63H55N3/c1-7-9-22-46(8-2)41(3)20-19-21-45-30-35-60-55(37-45)52-33-32-51-54-40-61-57(39-53(54)43(5)44(6)62(51)63(52)66(60)50-27-17-12-18-28-50)56-38-48(31-36-59(56)65(61)49-25-15-11-16-26-49)58(64)34-29-42(4)47-23-13-10-14-24-47/h7-20,22-40,43-44H,2-3,21,64H2,1,4-6H3/b9-7-,20-19-,42-29+,46-22+,58-34-. The van der Waals surface area contributed by atoms with Crippen LogP contribution < -0.4 is 5.73 Å². The van der Waals surface area contributed by atoms with Gasteiger partial charge >= 0.3 is 0 Å². The number of nitrogens with two attached hydrogens (primary N) is 1. The van der Waals surface area contributed by atoms with Gasteiger partial charge in [-0.25, -0.2) is 0 Å². The number of hydrogen-bond donors (Lipinski definition) is 1. The molecule has 3 heteroatoms. The molecule has 2 N–H and O–H groups in total. The van der Waals surface area contributed by atoms with Crippen LogP contribution in [0.3, 0.4) is 0 Å². The molecular formula is C63H55N3. The van der Waals surface area contributed by atoms with Gasteiger partial charge in [0.1, 0.15) is 0 Å². The van der Waals surface area contributed by atoms with E-state index in [1.54, 1.807) is 0 Å². The van der Waals surface area contributed by atoms with E-state index in [-0.39, 0.29) is 11.8 Å². The summed E-state index contributed by atoms with van der Waals surface area (Å²) in [6.45, 7) is 17.3. The van der Waals surface area contributed by atoms with Gasteiger partial charge in [0, 0.05) is 38.6 Å².